The van der Waals surface area contributed by atoms with Crippen LogP contribution >= 0.6 is 0 Å². The predicted molar refractivity (Wildman–Crippen MR) is 113 cm³/mol. The third kappa shape index (κ3) is 6.12. The summed E-state index contributed by atoms with van der Waals surface area (Å²) in [6, 6.07) is 8.80. The Morgan fingerprint density at radius 3 is 2.57 bits per heavy atom. The number of hydrogen-bond acceptors (Lipinski definition) is 6. The van der Waals surface area contributed by atoms with Crippen LogP contribution in [0.4, 0.5) is 5.82 Å². The average molecular weight is 402 g/mol. The number of carbonyl (C=O) groups excluding carboxylic acids is 1. The highest BCUT2D eigenvalue weighted by Crippen LogP contribution is 2.20. The third-order valence-electron chi connectivity index (χ3n) is 3.96. The Bertz CT molecular complexity index is 1060. The van der Waals surface area contributed by atoms with E-state index in [-0.39, 0.29) is 12.0 Å². The maximum Gasteiger partial charge on any atom is 0.257 e. The number of aromatic nitrogens is 3. The number of carbonyl (C=O) groups is 1. The average Bonchev–Trinajstić information content (AvgIpc) is 2.74. The Morgan fingerprint density at radius 1 is 1.10 bits per heavy atom. The molecular weight excluding hydrogens is 380 g/mol. The molecule has 0 saturated carbocycles. The highest BCUT2D eigenvalue weighted by molar-refractivity contribution is 6.04. The van der Waals surface area contributed by atoms with Crippen molar-refractivity contribution in [3.8, 4) is 17.6 Å². The van der Waals surface area contributed by atoms with E-state index in [1.807, 2.05) is 26.0 Å². The van der Waals surface area contributed by atoms with Crippen LogP contribution in [0.25, 0.3) is 0 Å². The van der Waals surface area contributed by atoms with Crippen molar-refractivity contribution in [2.75, 3.05) is 19.0 Å². The summed E-state index contributed by atoms with van der Waals surface area (Å²) in [5.41, 5.74) is 2.64. The van der Waals surface area contributed by atoms with E-state index in [4.69, 9.17) is 9.47 Å². The van der Waals surface area contributed by atoms with Crippen molar-refractivity contribution in [1.82, 2.24) is 15.0 Å². The Labute approximate surface area is 175 Å². The summed E-state index contributed by atoms with van der Waals surface area (Å²) in [6.45, 7) is 4.14. The van der Waals surface area contributed by atoms with Gasteiger partial charge in [-0.3, -0.25) is 14.8 Å². The summed E-state index contributed by atoms with van der Waals surface area (Å²) in [6.07, 6.45) is 6.28. The number of benzene rings is 1. The molecule has 1 aromatic carbocycles. The molecule has 0 bridgehead atoms. The fourth-order valence-electron chi connectivity index (χ4n) is 2.60. The van der Waals surface area contributed by atoms with E-state index in [1.165, 1.54) is 6.20 Å². The van der Waals surface area contributed by atoms with Crippen molar-refractivity contribution in [2.45, 2.75) is 20.0 Å². The second-order valence-corrected chi connectivity index (χ2v) is 6.61. The summed E-state index contributed by atoms with van der Waals surface area (Å²) in [7, 11) is 1.61. The zero-order chi connectivity index (χ0) is 21.3. The maximum atomic E-state index is 12.8. The van der Waals surface area contributed by atoms with Crippen LogP contribution in [0.15, 0.2) is 55.1 Å². The molecule has 2 aromatic heterocycles. The third-order valence-corrected chi connectivity index (χ3v) is 3.96. The second kappa shape index (κ2) is 10.1. The van der Waals surface area contributed by atoms with Crippen molar-refractivity contribution in [1.29, 1.82) is 0 Å². The van der Waals surface area contributed by atoms with Crippen LogP contribution in [0, 0.1) is 18.8 Å². The number of nitrogens with one attached hydrogen (secondary N) is 1. The molecule has 2 heterocycles. The van der Waals surface area contributed by atoms with Crippen LogP contribution in [0.2, 0.25) is 0 Å². The molecule has 0 unspecified atom stereocenters. The largest absolute Gasteiger partial charge is 0.488 e. The molecule has 7 heteroatoms. The van der Waals surface area contributed by atoms with Crippen molar-refractivity contribution in [2.24, 2.45) is 0 Å². The minimum Gasteiger partial charge on any atom is -0.488 e. The van der Waals surface area contributed by atoms with Crippen LogP contribution in [-0.4, -0.2) is 40.7 Å². The molecule has 30 heavy (non-hydrogen) atoms. The van der Waals surface area contributed by atoms with Crippen LogP contribution in [0.1, 0.15) is 34.1 Å². The molecule has 3 aromatic rings. The molecule has 1 N–H and O–H groups in total. The van der Waals surface area contributed by atoms with Gasteiger partial charge in [-0.2, -0.15) is 0 Å². The maximum absolute atomic E-state index is 12.8. The van der Waals surface area contributed by atoms with Gasteiger partial charge in [0.05, 0.1) is 24.7 Å². The molecule has 0 spiro atoms. The molecule has 3 rings (SSSR count). The lowest BCUT2D eigenvalue weighted by Gasteiger charge is -2.15. The van der Waals surface area contributed by atoms with E-state index >= 15 is 0 Å². The van der Waals surface area contributed by atoms with Crippen LogP contribution in [0.5, 0.6) is 5.75 Å². The molecule has 152 valence electrons. The highest BCUT2D eigenvalue weighted by atomic mass is 16.5. The summed E-state index contributed by atoms with van der Waals surface area (Å²) >= 11 is 0. The second-order valence-electron chi connectivity index (χ2n) is 6.61. The summed E-state index contributed by atoms with van der Waals surface area (Å²) < 4.78 is 11.0. The first-order valence-corrected chi connectivity index (χ1v) is 9.36. The molecule has 0 aliphatic heterocycles. The fraction of sp³-hybridized carbons (Fsp3) is 0.217. The number of rotatable bonds is 6. The number of nitrogens with zero attached hydrogens (tertiary/aromatic N) is 3. The van der Waals surface area contributed by atoms with Gasteiger partial charge in [0.1, 0.15) is 11.9 Å². The molecular formula is C23H22N4O3. The lowest BCUT2D eigenvalue weighted by molar-refractivity contribution is 0.0917. The molecule has 1 amide bonds. The normalized spacial score (nSPS) is 11.2. The molecule has 0 fully saturated rings. The van der Waals surface area contributed by atoms with Gasteiger partial charge in [-0.15, -0.1) is 0 Å². The predicted octanol–water partition coefficient (Wildman–Crippen LogP) is 3.25. The van der Waals surface area contributed by atoms with Gasteiger partial charge in [0, 0.05) is 36.2 Å². The molecule has 0 radical (unpaired) electrons. The van der Waals surface area contributed by atoms with E-state index in [0.717, 1.165) is 11.3 Å². The number of aryl methyl sites for hydroxylation is 1. The van der Waals surface area contributed by atoms with Gasteiger partial charge in [-0.1, -0.05) is 11.8 Å². The van der Waals surface area contributed by atoms with E-state index < -0.39 is 0 Å². The minimum atomic E-state index is -0.329. The van der Waals surface area contributed by atoms with Crippen molar-refractivity contribution in [3.05, 3.63) is 77.5 Å². The smallest absolute Gasteiger partial charge is 0.257 e. The highest BCUT2D eigenvalue weighted by Gasteiger charge is 2.12. The van der Waals surface area contributed by atoms with Gasteiger partial charge < -0.3 is 14.8 Å². The summed E-state index contributed by atoms with van der Waals surface area (Å²) in [4.78, 5) is 25.1. The first kappa shape index (κ1) is 21.0. The molecule has 1 atom stereocenters. The van der Waals surface area contributed by atoms with E-state index in [2.05, 4.69) is 32.1 Å². The van der Waals surface area contributed by atoms with Gasteiger partial charge in [-0.25, -0.2) is 4.98 Å². The minimum absolute atomic E-state index is 0.183. The van der Waals surface area contributed by atoms with Crippen LogP contribution < -0.4 is 10.1 Å². The fourth-order valence-corrected chi connectivity index (χ4v) is 2.60. The molecule has 0 aliphatic carbocycles. The van der Waals surface area contributed by atoms with Gasteiger partial charge >= 0.3 is 0 Å². The lowest BCUT2D eigenvalue weighted by atomic mass is 10.1. The van der Waals surface area contributed by atoms with Gasteiger partial charge in [0.2, 0.25) is 0 Å². The van der Waals surface area contributed by atoms with Gasteiger partial charge in [0.25, 0.3) is 5.91 Å². The van der Waals surface area contributed by atoms with Crippen molar-refractivity contribution in [3.63, 3.8) is 0 Å². The number of pyridine rings is 1. The Morgan fingerprint density at radius 2 is 1.87 bits per heavy atom. The Kier molecular flexibility index (Phi) is 7.09. The van der Waals surface area contributed by atoms with Crippen LogP contribution in [0.3, 0.4) is 0 Å². The van der Waals surface area contributed by atoms with Gasteiger partial charge in [0.15, 0.2) is 5.82 Å². The Balaban J connectivity index is 1.89. The lowest BCUT2D eigenvalue weighted by Crippen LogP contribution is -2.19. The summed E-state index contributed by atoms with van der Waals surface area (Å²) in [5, 5.41) is 2.74. The molecule has 7 nitrogen and oxygen atoms in total. The van der Waals surface area contributed by atoms with Gasteiger partial charge in [-0.05, 0) is 44.2 Å². The number of ether oxygens (including phenoxy) is 2. The first-order valence-electron chi connectivity index (χ1n) is 9.36. The van der Waals surface area contributed by atoms with E-state index in [9.17, 15) is 4.79 Å². The monoisotopic (exact) mass is 402 g/mol. The number of hydrogen-bond donors (Lipinski definition) is 1. The Hall–Kier alpha value is -3.76. The SMILES string of the molecule is COC[C@H](C)Oc1cc(C#Cc2ccncc2)cc(C(=O)Nc2cnc(C)cn2)c1. The number of anilines is 1. The zero-order valence-electron chi connectivity index (χ0n) is 17.0. The first-order chi connectivity index (χ1) is 14.5. The van der Waals surface area contributed by atoms with Crippen molar-refractivity contribution >= 4 is 11.7 Å². The van der Waals surface area contributed by atoms with E-state index in [1.54, 1.807) is 43.9 Å². The number of methoxy groups -OCH3 is 1. The number of amides is 1. The summed E-state index contributed by atoms with van der Waals surface area (Å²) in [5.74, 6) is 6.71. The topological polar surface area (TPSA) is 86.2 Å². The zero-order valence-corrected chi connectivity index (χ0v) is 17.0. The van der Waals surface area contributed by atoms with Crippen molar-refractivity contribution < 1.29 is 14.3 Å². The molecule has 0 aliphatic rings. The quantitative estimate of drug-likeness (QED) is 0.637. The standard InChI is InChI=1S/C23H22N4O3/c1-16-13-26-22(14-25-16)27-23(28)20-10-19(5-4-18-6-8-24-9-7-18)11-21(12-20)30-17(2)15-29-3/h6-14,17H,15H2,1-3H3,(H,26,27,28)/t17-/m0/s1. The van der Waals surface area contributed by atoms with Crippen LogP contribution in [-0.2, 0) is 4.74 Å². The van der Waals surface area contributed by atoms with E-state index in [0.29, 0.717) is 29.3 Å². The molecule has 0 saturated heterocycles.